The van der Waals surface area contributed by atoms with Crippen molar-refractivity contribution in [3.05, 3.63) is 53.7 Å². The number of amides is 1. The van der Waals surface area contributed by atoms with Crippen molar-refractivity contribution in [2.24, 2.45) is 0 Å². The minimum Gasteiger partial charge on any atom is -0.360 e. The van der Waals surface area contributed by atoms with Crippen LogP contribution in [0.1, 0.15) is 24.0 Å². The van der Waals surface area contributed by atoms with Crippen molar-refractivity contribution in [3.8, 4) is 0 Å². The minimum absolute atomic E-state index is 0.0303. The average molecular weight is 403 g/mol. The molecule has 150 valence electrons. The molecular weight excluding hydrogens is 388 g/mol. The third kappa shape index (κ3) is 4.37. The lowest BCUT2D eigenvalue weighted by molar-refractivity contribution is -0.138. The molecular formula is C18H15F6N3O. The zero-order chi connectivity index (χ0) is 20.5. The molecule has 10 heteroatoms. The van der Waals surface area contributed by atoms with E-state index in [1.54, 1.807) is 4.90 Å². The summed E-state index contributed by atoms with van der Waals surface area (Å²) in [5.74, 6) is -0.512. The Kier molecular flexibility index (Phi) is 5.22. The van der Waals surface area contributed by atoms with E-state index in [2.05, 4.69) is 10.3 Å². The zero-order valence-electron chi connectivity index (χ0n) is 14.3. The van der Waals surface area contributed by atoms with Gasteiger partial charge >= 0.3 is 12.4 Å². The fourth-order valence-electron chi connectivity index (χ4n) is 3.04. The maximum atomic E-state index is 12.7. The van der Waals surface area contributed by atoms with E-state index in [1.807, 2.05) is 0 Å². The van der Waals surface area contributed by atoms with Gasteiger partial charge in [0.25, 0.3) is 0 Å². The molecule has 1 amide bonds. The van der Waals surface area contributed by atoms with Crippen LogP contribution in [-0.2, 0) is 17.1 Å². The molecule has 28 heavy (non-hydrogen) atoms. The zero-order valence-corrected chi connectivity index (χ0v) is 14.3. The molecule has 0 aliphatic carbocycles. The minimum atomic E-state index is -4.53. The molecule has 1 atom stereocenters. The molecule has 1 aromatic heterocycles. The second kappa shape index (κ2) is 7.33. The topological polar surface area (TPSA) is 45.2 Å². The van der Waals surface area contributed by atoms with Gasteiger partial charge in [-0.15, -0.1) is 0 Å². The van der Waals surface area contributed by atoms with Crippen LogP contribution in [0.5, 0.6) is 0 Å². The van der Waals surface area contributed by atoms with E-state index in [1.165, 1.54) is 12.1 Å². The highest BCUT2D eigenvalue weighted by Crippen LogP contribution is 2.33. The number of hydrogen-bond donors (Lipinski definition) is 1. The van der Waals surface area contributed by atoms with Crippen LogP contribution < -0.4 is 10.2 Å². The van der Waals surface area contributed by atoms with E-state index >= 15 is 0 Å². The lowest BCUT2D eigenvalue weighted by atomic mass is 10.1. The van der Waals surface area contributed by atoms with Crippen molar-refractivity contribution in [2.45, 2.75) is 31.2 Å². The quantitative estimate of drug-likeness (QED) is 0.754. The second-order valence-corrected chi connectivity index (χ2v) is 6.32. The first-order valence-electron chi connectivity index (χ1n) is 8.34. The Morgan fingerprint density at radius 2 is 1.57 bits per heavy atom. The molecule has 0 radical (unpaired) electrons. The molecule has 0 bridgehead atoms. The maximum absolute atomic E-state index is 12.7. The van der Waals surface area contributed by atoms with Gasteiger partial charge in [-0.3, -0.25) is 4.79 Å². The Morgan fingerprint density at radius 1 is 0.964 bits per heavy atom. The summed E-state index contributed by atoms with van der Waals surface area (Å²) < 4.78 is 75.8. The van der Waals surface area contributed by atoms with Gasteiger partial charge in [0.1, 0.15) is 11.9 Å². The van der Waals surface area contributed by atoms with Crippen LogP contribution in [0.4, 0.5) is 37.8 Å². The number of halogens is 6. The normalized spacial score (nSPS) is 17.6. The third-order valence-corrected chi connectivity index (χ3v) is 4.42. The van der Waals surface area contributed by atoms with E-state index < -0.39 is 35.4 Å². The predicted octanol–water partition coefficient (Wildman–Crippen LogP) is 4.73. The van der Waals surface area contributed by atoms with Gasteiger partial charge in [-0.2, -0.15) is 26.3 Å². The number of nitrogens with one attached hydrogen (secondary N) is 1. The van der Waals surface area contributed by atoms with Gasteiger partial charge in [0, 0.05) is 18.4 Å². The molecule has 0 spiro atoms. The highest BCUT2D eigenvalue weighted by atomic mass is 19.4. The first kappa shape index (κ1) is 20.0. The number of hydrogen-bond acceptors (Lipinski definition) is 3. The van der Waals surface area contributed by atoms with Crippen LogP contribution in [0.15, 0.2) is 42.6 Å². The lowest BCUT2D eigenvalue weighted by Crippen LogP contribution is -2.39. The Bertz CT molecular complexity index is 830. The summed E-state index contributed by atoms with van der Waals surface area (Å²) in [6.07, 6.45) is -7.24. The van der Waals surface area contributed by atoms with Gasteiger partial charge in [0.15, 0.2) is 0 Å². The van der Waals surface area contributed by atoms with Crippen molar-refractivity contribution < 1.29 is 31.1 Å². The van der Waals surface area contributed by atoms with E-state index in [9.17, 15) is 31.1 Å². The molecule has 0 unspecified atom stereocenters. The van der Waals surface area contributed by atoms with E-state index in [-0.39, 0.29) is 5.82 Å². The Labute approximate surface area is 156 Å². The number of nitrogens with zero attached hydrogens (tertiary/aromatic N) is 2. The van der Waals surface area contributed by atoms with Crippen molar-refractivity contribution in [2.75, 3.05) is 16.8 Å². The first-order chi connectivity index (χ1) is 13.1. The number of carbonyl (C=O) groups is 1. The Hall–Kier alpha value is -2.78. The van der Waals surface area contributed by atoms with Crippen LogP contribution in [0.25, 0.3) is 0 Å². The number of pyridine rings is 1. The molecule has 4 nitrogen and oxygen atoms in total. The summed E-state index contributed by atoms with van der Waals surface area (Å²) >= 11 is 0. The SMILES string of the molecule is O=C(Nc1ccc(C(F)(F)F)cn1)[C@@H]1CCCN1c1ccc(C(F)(F)F)cc1. The predicted molar refractivity (Wildman–Crippen MR) is 89.7 cm³/mol. The molecule has 1 fully saturated rings. The summed E-state index contributed by atoms with van der Waals surface area (Å²) in [5, 5.41) is 2.46. The van der Waals surface area contributed by atoms with Crippen LogP contribution in [0.2, 0.25) is 0 Å². The fraction of sp³-hybridized carbons (Fsp3) is 0.333. The number of anilines is 2. The largest absolute Gasteiger partial charge is 0.417 e. The van der Waals surface area contributed by atoms with E-state index in [4.69, 9.17) is 0 Å². The highest BCUT2D eigenvalue weighted by molar-refractivity contribution is 5.96. The van der Waals surface area contributed by atoms with Crippen molar-refractivity contribution >= 4 is 17.4 Å². The van der Waals surface area contributed by atoms with Gasteiger partial charge in [0.2, 0.25) is 5.91 Å². The van der Waals surface area contributed by atoms with E-state index in [0.717, 1.165) is 24.3 Å². The van der Waals surface area contributed by atoms with Crippen LogP contribution in [0, 0.1) is 0 Å². The maximum Gasteiger partial charge on any atom is 0.417 e. The number of carbonyl (C=O) groups excluding carboxylic acids is 1. The Balaban J connectivity index is 1.71. The van der Waals surface area contributed by atoms with Crippen molar-refractivity contribution in [3.63, 3.8) is 0 Å². The van der Waals surface area contributed by atoms with Gasteiger partial charge in [-0.1, -0.05) is 0 Å². The summed E-state index contributed by atoms with van der Waals surface area (Å²) in [7, 11) is 0. The number of benzene rings is 1. The first-order valence-corrected chi connectivity index (χ1v) is 8.34. The summed E-state index contributed by atoms with van der Waals surface area (Å²) in [5.41, 5.74) is -1.26. The molecule has 2 heterocycles. The van der Waals surface area contributed by atoms with Crippen LogP contribution >= 0.6 is 0 Å². The number of aromatic nitrogens is 1. The fourth-order valence-corrected chi connectivity index (χ4v) is 3.04. The summed E-state index contributed by atoms with van der Waals surface area (Å²) in [4.78, 5) is 17.8. The molecule has 1 aliphatic rings. The molecule has 2 aromatic rings. The molecule has 1 saturated heterocycles. The van der Waals surface area contributed by atoms with Crippen molar-refractivity contribution in [1.82, 2.24) is 4.98 Å². The average Bonchev–Trinajstić information content (AvgIpc) is 3.10. The highest BCUT2D eigenvalue weighted by Gasteiger charge is 2.34. The summed E-state index contributed by atoms with van der Waals surface area (Å²) in [6.45, 7) is 0.476. The van der Waals surface area contributed by atoms with Gasteiger partial charge < -0.3 is 10.2 Å². The van der Waals surface area contributed by atoms with Gasteiger partial charge in [-0.25, -0.2) is 4.98 Å². The molecule has 1 aliphatic heterocycles. The number of alkyl halides is 6. The monoisotopic (exact) mass is 403 g/mol. The van der Waals surface area contributed by atoms with Crippen LogP contribution in [0.3, 0.4) is 0 Å². The van der Waals surface area contributed by atoms with E-state index in [0.29, 0.717) is 31.3 Å². The second-order valence-electron chi connectivity index (χ2n) is 6.32. The lowest BCUT2D eigenvalue weighted by Gasteiger charge is -2.26. The summed E-state index contributed by atoms with van der Waals surface area (Å²) in [6, 6.07) is 5.69. The molecule has 1 aromatic carbocycles. The smallest absolute Gasteiger partial charge is 0.360 e. The van der Waals surface area contributed by atoms with Gasteiger partial charge in [-0.05, 0) is 49.2 Å². The Morgan fingerprint density at radius 3 is 2.11 bits per heavy atom. The number of rotatable bonds is 3. The standard InChI is InChI=1S/C18H15F6N3O/c19-17(20,21)11-3-6-13(7-4-11)27-9-1-2-14(27)16(28)26-15-8-5-12(10-25-15)18(22,23)24/h3-8,10,14H,1-2,9H2,(H,25,26,28)/t14-/m0/s1. The molecule has 3 rings (SSSR count). The molecule has 1 N–H and O–H groups in total. The third-order valence-electron chi connectivity index (χ3n) is 4.42. The van der Waals surface area contributed by atoms with Crippen molar-refractivity contribution in [1.29, 1.82) is 0 Å². The molecule has 0 saturated carbocycles. The van der Waals surface area contributed by atoms with Crippen LogP contribution in [-0.4, -0.2) is 23.5 Å². The van der Waals surface area contributed by atoms with Gasteiger partial charge in [0.05, 0.1) is 11.1 Å².